The highest BCUT2D eigenvalue weighted by Gasteiger charge is 2.70. The van der Waals surface area contributed by atoms with E-state index in [4.69, 9.17) is 9.84 Å². The highest BCUT2D eigenvalue weighted by atomic mass is 19.1. The fourth-order valence-electron chi connectivity index (χ4n) is 2.45. The summed E-state index contributed by atoms with van der Waals surface area (Å²) in [5.74, 6) is -3.25. The van der Waals surface area contributed by atoms with Crippen LogP contribution in [-0.4, -0.2) is 71.6 Å². The summed E-state index contributed by atoms with van der Waals surface area (Å²) in [5, 5.41) is 49.4. The van der Waals surface area contributed by atoms with Crippen molar-refractivity contribution in [1.82, 2.24) is 14.6 Å². The Kier molecular flexibility index (Phi) is 4.74. The highest BCUT2D eigenvalue weighted by Crippen LogP contribution is 2.42. The lowest BCUT2D eigenvalue weighted by Gasteiger charge is -2.40. The van der Waals surface area contributed by atoms with Gasteiger partial charge >= 0.3 is 11.6 Å². The van der Waals surface area contributed by atoms with Gasteiger partial charge in [-0.15, -0.1) is 5.06 Å². The van der Waals surface area contributed by atoms with E-state index in [-0.39, 0.29) is 10.1 Å². The molecule has 6 N–H and O–H groups in total. The molecule has 134 valence electrons. The normalized spacial score (nSPS) is 33.1. The molecule has 11 nitrogen and oxygen atoms in total. The maximum absolute atomic E-state index is 12.9. The van der Waals surface area contributed by atoms with Crippen LogP contribution in [0.5, 0.6) is 0 Å². The SMILES string of the molecule is C=Cc1cn([C@]2(O)O[C@H](CO)[C@@H](O)[C@]2(O)N(O)CF)c(=O)[nH]c1=O. The minimum Gasteiger partial charge on any atom is -0.394 e. The second-order valence-corrected chi connectivity index (χ2v) is 5.06. The van der Waals surface area contributed by atoms with Crippen LogP contribution in [0.3, 0.4) is 0 Å². The largest absolute Gasteiger partial charge is 0.394 e. The lowest BCUT2D eigenvalue weighted by molar-refractivity contribution is -0.416. The predicted octanol–water partition coefficient (Wildman–Crippen LogP) is -3.16. The number of hydrogen-bond donors (Lipinski definition) is 6. The average molecular weight is 349 g/mol. The summed E-state index contributed by atoms with van der Waals surface area (Å²) < 4.78 is 18.0. The summed E-state index contributed by atoms with van der Waals surface area (Å²) in [6, 6.07) is 0. The number of nitrogens with zero attached hydrogens (tertiary/aromatic N) is 2. The summed E-state index contributed by atoms with van der Waals surface area (Å²) in [6.45, 7) is 0.596. The molecule has 0 saturated carbocycles. The van der Waals surface area contributed by atoms with Gasteiger partial charge in [0.2, 0.25) is 5.72 Å². The van der Waals surface area contributed by atoms with E-state index in [1.165, 1.54) is 0 Å². The fraction of sp³-hybridized carbons (Fsp3) is 0.500. The van der Waals surface area contributed by atoms with E-state index in [1.807, 2.05) is 0 Å². The molecule has 0 unspecified atom stereocenters. The number of alkyl halides is 1. The smallest absolute Gasteiger partial charge is 0.332 e. The van der Waals surface area contributed by atoms with E-state index >= 15 is 0 Å². The second kappa shape index (κ2) is 6.18. The zero-order valence-corrected chi connectivity index (χ0v) is 12.2. The van der Waals surface area contributed by atoms with Crippen LogP contribution in [0.25, 0.3) is 6.08 Å². The summed E-state index contributed by atoms with van der Waals surface area (Å²) in [4.78, 5) is 25.3. The minimum atomic E-state index is -3.28. The van der Waals surface area contributed by atoms with E-state index < -0.39 is 53.6 Å². The van der Waals surface area contributed by atoms with Crippen LogP contribution in [-0.2, 0) is 10.6 Å². The van der Waals surface area contributed by atoms with Crippen molar-refractivity contribution < 1.29 is 34.8 Å². The zero-order valence-electron chi connectivity index (χ0n) is 12.2. The van der Waals surface area contributed by atoms with E-state index in [2.05, 4.69) is 6.58 Å². The molecule has 0 bridgehead atoms. The van der Waals surface area contributed by atoms with Crippen molar-refractivity contribution >= 4 is 6.08 Å². The topological polar surface area (TPSA) is 168 Å². The van der Waals surface area contributed by atoms with Gasteiger partial charge < -0.3 is 30.4 Å². The van der Waals surface area contributed by atoms with Gasteiger partial charge in [0, 0.05) is 6.20 Å². The molecule has 1 aromatic rings. The third kappa shape index (κ3) is 2.32. The molecule has 1 fully saturated rings. The van der Waals surface area contributed by atoms with Crippen molar-refractivity contribution in [2.24, 2.45) is 0 Å². The second-order valence-electron chi connectivity index (χ2n) is 5.06. The maximum atomic E-state index is 12.9. The first-order chi connectivity index (χ1) is 11.2. The Hall–Kier alpha value is -1.93. The summed E-state index contributed by atoms with van der Waals surface area (Å²) in [6.07, 6.45) is -2.18. The molecule has 1 saturated heterocycles. The number of aromatic amines is 1. The first-order valence-electron chi connectivity index (χ1n) is 6.60. The van der Waals surface area contributed by atoms with Gasteiger partial charge in [0.25, 0.3) is 5.56 Å². The molecule has 12 heteroatoms. The number of rotatable bonds is 5. The van der Waals surface area contributed by atoms with Gasteiger partial charge in [-0.3, -0.25) is 9.78 Å². The molecule has 0 radical (unpaired) electrons. The molecule has 0 aromatic carbocycles. The Morgan fingerprint density at radius 3 is 2.62 bits per heavy atom. The van der Waals surface area contributed by atoms with Gasteiger partial charge in [0.15, 0.2) is 6.80 Å². The molecule has 0 aliphatic carbocycles. The number of hydrogen-bond acceptors (Lipinski definition) is 9. The molecule has 2 heterocycles. The number of halogens is 1. The Labute approximate surface area is 133 Å². The molecular weight excluding hydrogens is 333 g/mol. The summed E-state index contributed by atoms with van der Waals surface area (Å²) in [7, 11) is 0. The van der Waals surface area contributed by atoms with Crippen LogP contribution in [0.1, 0.15) is 5.56 Å². The maximum Gasteiger partial charge on any atom is 0.332 e. The number of nitrogens with one attached hydrogen (secondary N) is 1. The van der Waals surface area contributed by atoms with Crippen molar-refractivity contribution in [3.8, 4) is 0 Å². The van der Waals surface area contributed by atoms with Gasteiger partial charge in [0.05, 0.1) is 12.2 Å². The first-order valence-corrected chi connectivity index (χ1v) is 6.60. The standard InChI is InChI=1S/C12H16FN3O8/c1-2-6-3-15(10(20)14-9(6)19)12(22)11(21,16(23)5-13)8(18)7(4-17)24-12/h2-3,7-8,17-18,21-23H,1,4-5H2,(H,14,19,20)/t7-,8-,11-,12-/m1/s1. The van der Waals surface area contributed by atoms with Gasteiger partial charge in [-0.25, -0.2) is 13.8 Å². The summed E-state index contributed by atoms with van der Waals surface area (Å²) in [5.41, 5.74) is -5.69. The van der Waals surface area contributed by atoms with Crippen molar-refractivity contribution in [3.05, 3.63) is 39.2 Å². The van der Waals surface area contributed by atoms with Crippen molar-refractivity contribution in [3.63, 3.8) is 0 Å². The molecule has 4 atom stereocenters. The molecule has 24 heavy (non-hydrogen) atoms. The lowest BCUT2D eigenvalue weighted by atomic mass is 10.0. The minimum absolute atomic E-state index is 0.225. The molecular formula is C12H16FN3O8. The fourth-order valence-corrected chi connectivity index (χ4v) is 2.45. The predicted molar refractivity (Wildman–Crippen MR) is 74.1 cm³/mol. The van der Waals surface area contributed by atoms with E-state index in [0.717, 1.165) is 12.3 Å². The van der Waals surface area contributed by atoms with Gasteiger partial charge in [-0.1, -0.05) is 12.7 Å². The Morgan fingerprint density at radius 1 is 1.50 bits per heavy atom. The first kappa shape index (κ1) is 18.4. The van der Waals surface area contributed by atoms with Crippen molar-refractivity contribution in [2.45, 2.75) is 23.8 Å². The van der Waals surface area contributed by atoms with E-state index in [9.17, 15) is 34.5 Å². The third-order valence-electron chi connectivity index (χ3n) is 3.76. The van der Waals surface area contributed by atoms with Gasteiger partial charge in [-0.05, 0) is 0 Å². The molecule has 1 aliphatic heterocycles. The third-order valence-corrected chi connectivity index (χ3v) is 3.76. The number of aromatic nitrogens is 2. The molecule has 2 rings (SSSR count). The molecule has 1 aliphatic rings. The lowest BCUT2D eigenvalue weighted by Crippen LogP contribution is -2.68. The Morgan fingerprint density at radius 2 is 2.12 bits per heavy atom. The van der Waals surface area contributed by atoms with E-state index in [1.54, 1.807) is 4.98 Å². The van der Waals surface area contributed by atoms with Gasteiger partial charge in [-0.2, -0.15) is 0 Å². The number of ether oxygens (including phenoxy) is 1. The molecule has 0 spiro atoms. The van der Waals surface area contributed by atoms with Crippen LogP contribution >= 0.6 is 0 Å². The van der Waals surface area contributed by atoms with E-state index in [0.29, 0.717) is 0 Å². The van der Waals surface area contributed by atoms with Crippen LogP contribution in [0.2, 0.25) is 0 Å². The average Bonchev–Trinajstić information content (AvgIpc) is 2.76. The van der Waals surface area contributed by atoms with Crippen LogP contribution in [0, 0.1) is 0 Å². The number of hydroxylamine groups is 2. The van der Waals surface area contributed by atoms with Crippen LogP contribution < -0.4 is 11.2 Å². The number of H-pyrrole nitrogens is 1. The Balaban J connectivity index is 2.76. The monoisotopic (exact) mass is 349 g/mol. The number of aliphatic hydroxyl groups excluding tert-OH is 2. The summed E-state index contributed by atoms with van der Waals surface area (Å²) >= 11 is 0. The van der Waals surface area contributed by atoms with Gasteiger partial charge in [0.1, 0.15) is 12.2 Å². The van der Waals surface area contributed by atoms with Crippen molar-refractivity contribution in [1.29, 1.82) is 0 Å². The van der Waals surface area contributed by atoms with Crippen LogP contribution in [0.15, 0.2) is 22.4 Å². The number of aliphatic hydroxyl groups is 4. The molecule has 1 aromatic heterocycles. The van der Waals surface area contributed by atoms with Crippen molar-refractivity contribution in [2.75, 3.05) is 13.4 Å². The molecule has 0 amide bonds. The highest BCUT2D eigenvalue weighted by molar-refractivity contribution is 5.43. The zero-order chi connectivity index (χ0) is 18.3. The van der Waals surface area contributed by atoms with Crippen LogP contribution in [0.4, 0.5) is 4.39 Å². The quantitative estimate of drug-likeness (QED) is 0.182. The Bertz CT molecular complexity index is 751.